The van der Waals surface area contributed by atoms with Gasteiger partial charge in [0.25, 0.3) is 5.91 Å². The van der Waals surface area contributed by atoms with Crippen LogP contribution in [0.2, 0.25) is 5.02 Å². The molecule has 2 rings (SSSR count). The number of hydrogen-bond donors (Lipinski definition) is 2. The molecule has 0 aliphatic carbocycles. The van der Waals surface area contributed by atoms with Crippen molar-refractivity contribution in [2.75, 3.05) is 11.9 Å². The summed E-state index contributed by atoms with van der Waals surface area (Å²) >= 11 is 6.16. The highest BCUT2D eigenvalue weighted by atomic mass is 35.5. The average Bonchev–Trinajstić information content (AvgIpc) is 2.57. The summed E-state index contributed by atoms with van der Waals surface area (Å²) in [5.74, 6) is 0.00895. The molecule has 6 heteroatoms. The fourth-order valence-corrected chi connectivity index (χ4v) is 2.75. The molecule has 0 atom stereocenters. The van der Waals surface area contributed by atoms with Gasteiger partial charge in [-0.15, -0.1) is 0 Å². The highest BCUT2D eigenvalue weighted by molar-refractivity contribution is 6.34. The Hall–Kier alpha value is -2.53. The van der Waals surface area contributed by atoms with E-state index in [9.17, 15) is 4.79 Å². The van der Waals surface area contributed by atoms with Gasteiger partial charge < -0.3 is 15.9 Å². The lowest BCUT2D eigenvalue weighted by Gasteiger charge is -2.11. The van der Waals surface area contributed by atoms with Crippen molar-refractivity contribution < 1.29 is 9.63 Å². The molecular weight excluding hydrogens is 338 g/mol. The zero-order valence-corrected chi connectivity index (χ0v) is 15.1. The molecule has 5 nitrogen and oxygen atoms in total. The summed E-state index contributed by atoms with van der Waals surface area (Å²) in [6.45, 7) is 3.60. The van der Waals surface area contributed by atoms with Crippen LogP contribution in [0.25, 0.3) is 0 Å². The molecule has 25 heavy (non-hydrogen) atoms. The monoisotopic (exact) mass is 359 g/mol. The Bertz CT molecular complexity index is 738. The number of oxime groups is 1. The van der Waals surface area contributed by atoms with Gasteiger partial charge in [-0.3, -0.25) is 4.79 Å². The van der Waals surface area contributed by atoms with Gasteiger partial charge in [-0.05, 0) is 43.0 Å². The third-order valence-electron chi connectivity index (χ3n) is 3.59. The van der Waals surface area contributed by atoms with Crippen molar-refractivity contribution in [1.82, 2.24) is 0 Å². The number of anilines is 1. The number of amides is 1. The first-order chi connectivity index (χ1) is 12.0. The zero-order chi connectivity index (χ0) is 18.2. The first kappa shape index (κ1) is 18.8. The van der Waals surface area contributed by atoms with E-state index in [1.54, 1.807) is 6.07 Å². The van der Waals surface area contributed by atoms with Crippen LogP contribution in [0.15, 0.2) is 47.6 Å². The molecule has 0 spiro atoms. The van der Waals surface area contributed by atoms with Crippen LogP contribution in [0.1, 0.15) is 23.1 Å². The second-order valence-corrected chi connectivity index (χ2v) is 6.24. The van der Waals surface area contributed by atoms with Crippen molar-refractivity contribution in [3.63, 3.8) is 0 Å². The molecular formula is C19H22ClN3O2. The van der Waals surface area contributed by atoms with Crippen molar-refractivity contribution in [2.45, 2.75) is 26.7 Å². The van der Waals surface area contributed by atoms with Crippen LogP contribution >= 0.6 is 11.6 Å². The van der Waals surface area contributed by atoms with Gasteiger partial charge in [-0.25, -0.2) is 0 Å². The molecule has 0 fully saturated rings. The molecule has 0 aliphatic heterocycles. The van der Waals surface area contributed by atoms with E-state index in [1.165, 1.54) is 5.56 Å². The molecule has 1 amide bonds. The number of nitrogens with one attached hydrogen (secondary N) is 1. The van der Waals surface area contributed by atoms with Crippen LogP contribution in [-0.4, -0.2) is 18.3 Å². The molecule has 0 saturated carbocycles. The lowest BCUT2D eigenvalue weighted by Crippen LogP contribution is -2.20. The summed E-state index contributed by atoms with van der Waals surface area (Å²) in [5.41, 5.74) is 9.48. The Kier molecular flexibility index (Phi) is 6.83. The van der Waals surface area contributed by atoms with Crippen LogP contribution in [0.5, 0.6) is 0 Å². The third-order valence-corrected chi connectivity index (χ3v) is 3.88. The number of benzene rings is 2. The van der Waals surface area contributed by atoms with Crippen molar-refractivity contribution in [2.24, 2.45) is 10.9 Å². The van der Waals surface area contributed by atoms with E-state index < -0.39 is 0 Å². The lowest BCUT2D eigenvalue weighted by atomic mass is 10.1. The summed E-state index contributed by atoms with van der Waals surface area (Å²) in [6, 6.07) is 13.7. The Balaban J connectivity index is 1.80. The Morgan fingerprint density at radius 3 is 2.64 bits per heavy atom. The molecule has 0 aromatic heterocycles. The second-order valence-electron chi connectivity index (χ2n) is 5.83. The summed E-state index contributed by atoms with van der Waals surface area (Å²) in [6.07, 6.45) is 1.33. The number of aryl methyl sites for hydroxylation is 3. The maximum atomic E-state index is 12.0. The van der Waals surface area contributed by atoms with Crippen LogP contribution in [0, 0.1) is 13.8 Å². The zero-order valence-electron chi connectivity index (χ0n) is 14.4. The molecule has 0 unspecified atom stereocenters. The molecule has 0 heterocycles. The fourth-order valence-electron chi connectivity index (χ4n) is 2.39. The van der Waals surface area contributed by atoms with Crippen molar-refractivity contribution in [1.29, 1.82) is 0 Å². The van der Waals surface area contributed by atoms with Gasteiger partial charge >= 0.3 is 0 Å². The third kappa shape index (κ3) is 6.12. The van der Waals surface area contributed by atoms with Gasteiger partial charge in [-0.1, -0.05) is 53.2 Å². The number of nitrogens with zero attached hydrogens (tertiary/aromatic N) is 1. The van der Waals surface area contributed by atoms with E-state index in [0.717, 1.165) is 17.5 Å². The SMILES string of the molecule is Cc1cc(C)c(NC(=O)CO/N=C(\N)CCc2ccccc2)c(Cl)c1. The average molecular weight is 360 g/mol. The van der Waals surface area contributed by atoms with Gasteiger partial charge in [0.05, 0.1) is 10.7 Å². The summed E-state index contributed by atoms with van der Waals surface area (Å²) in [7, 11) is 0. The van der Waals surface area contributed by atoms with Crippen molar-refractivity contribution >= 4 is 29.0 Å². The van der Waals surface area contributed by atoms with Crippen LogP contribution in [0.3, 0.4) is 0 Å². The highest BCUT2D eigenvalue weighted by Crippen LogP contribution is 2.27. The molecule has 0 bridgehead atoms. The molecule has 2 aromatic carbocycles. The minimum atomic E-state index is -0.339. The largest absolute Gasteiger partial charge is 0.384 e. The van der Waals surface area contributed by atoms with E-state index >= 15 is 0 Å². The minimum Gasteiger partial charge on any atom is -0.384 e. The summed E-state index contributed by atoms with van der Waals surface area (Å²) in [5, 5.41) is 7.01. The summed E-state index contributed by atoms with van der Waals surface area (Å²) in [4.78, 5) is 17.0. The van der Waals surface area contributed by atoms with Gasteiger partial charge in [0.15, 0.2) is 6.61 Å². The van der Waals surface area contributed by atoms with Gasteiger partial charge in [0.1, 0.15) is 5.84 Å². The Morgan fingerprint density at radius 1 is 1.24 bits per heavy atom. The van der Waals surface area contributed by atoms with Crippen LogP contribution in [-0.2, 0) is 16.1 Å². The first-order valence-electron chi connectivity index (χ1n) is 8.00. The number of nitrogens with two attached hydrogens (primary N) is 1. The lowest BCUT2D eigenvalue weighted by molar-refractivity contribution is -0.120. The predicted octanol–water partition coefficient (Wildman–Crippen LogP) is 3.82. The molecule has 0 radical (unpaired) electrons. The first-order valence-corrected chi connectivity index (χ1v) is 8.38. The fraction of sp³-hybridized carbons (Fsp3) is 0.263. The number of carbonyl (C=O) groups excluding carboxylic acids is 1. The molecule has 132 valence electrons. The predicted molar refractivity (Wildman–Crippen MR) is 102 cm³/mol. The molecule has 0 aliphatic rings. The van der Waals surface area contributed by atoms with E-state index in [0.29, 0.717) is 23.0 Å². The Labute approximate surface area is 152 Å². The number of rotatable bonds is 7. The molecule has 3 N–H and O–H groups in total. The van der Waals surface area contributed by atoms with Crippen LogP contribution in [0.4, 0.5) is 5.69 Å². The van der Waals surface area contributed by atoms with E-state index in [-0.39, 0.29) is 12.5 Å². The summed E-state index contributed by atoms with van der Waals surface area (Å²) < 4.78 is 0. The Morgan fingerprint density at radius 2 is 1.96 bits per heavy atom. The molecule has 0 saturated heterocycles. The second kappa shape index (κ2) is 9.08. The topological polar surface area (TPSA) is 76.7 Å². The quantitative estimate of drug-likeness (QED) is 0.448. The van der Waals surface area contributed by atoms with Gasteiger partial charge in [0.2, 0.25) is 0 Å². The van der Waals surface area contributed by atoms with Gasteiger partial charge in [-0.2, -0.15) is 0 Å². The van der Waals surface area contributed by atoms with Crippen molar-refractivity contribution in [3.05, 3.63) is 64.2 Å². The maximum absolute atomic E-state index is 12.0. The number of carbonyl (C=O) groups is 1. The normalized spacial score (nSPS) is 11.2. The number of hydrogen-bond acceptors (Lipinski definition) is 3. The van der Waals surface area contributed by atoms with E-state index in [1.807, 2.05) is 50.2 Å². The van der Waals surface area contributed by atoms with Crippen molar-refractivity contribution in [3.8, 4) is 0 Å². The number of halogens is 1. The van der Waals surface area contributed by atoms with Crippen LogP contribution < -0.4 is 11.1 Å². The minimum absolute atomic E-state index is 0.227. The highest BCUT2D eigenvalue weighted by Gasteiger charge is 2.10. The van der Waals surface area contributed by atoms with E-state index in [2.05, 4.69) is 10.5 Å². The maximum Gasteiger partial charge on any atom is 0.265 e. The standard InChI is InChI=1S/C19H22ClN3O2/c1-13-10-14(2)19(16(20)11-13)22-18(24)12-25-23-17(21)9-8-15-6-4-3-5-7-15/h3-7,10-11H,8-9,12H2,1-2H3,(H2,21,23)(H,22,24). The molecule has 2 aromatic rings. The smallest absolute Gasteiger partial charge is 0.265 e. The number of amidine groups is 1. The van der Waals surface area contributed by atoms with Gasteiger partial charge in [0, 0.05) is 6.42 Å². The van der Waals surface area contributed by atoms with E-state index in [4.69, 9.17) is 22.2 Å².